The Balaban J connectivity index is 1.88. The lowest BCUT2D eigenvalue weighted by molar-refractivity contribution is -0.295. The first-order valence-electron chi connectivity index (χ1n) is 17.8. The molecule has 3 fully saturated rings. The molecule has 0 spiro atoms. The van der Waals surface area contributed by atoms with Gasteiger partial charge in [0.05, 0.1) is 23.9 Å². The number of esters is 1. The third kappa shape index (κ3) is 9.56. The van der Waals surface area contributed by atoms with Gasteiger partial charge in [-0.2, -0.15) is 0 Å². The Morgan fingerprint density at radius 3 is 2.21 bits per heavy atom. The average molecular weight is 683 g/mol. The number of hydrogen-bond acceptors (Lipinski definition) is 11. The van der Waals surface area contributed by atoms with Crippen LogP contribution in [-0.2, 0) is 33.3 Å². The lowest BCUT2D eigenvalue weighted by Gasteiger charge is -2.47. The highest BCUT2D eigenvalue weighted by atomic mass is 16.7. The van der Waals surface area contributed by atoms with E-state index in [0.717, 1.165) is 13.1 Å². The van der Waals surface area contributed by atoms with Crippen LogP contribution in [0.25, 0.3) is 0 Å². The number of aliphatic hydroxyl groups excluding tert-OH is 1. The Morgan fingerprint density at radius 1 is 1.06 bits per heavy atom. The molecule has 278 valence electrons. The van der Waals surface area contributed by atoms with Crippen LogP contribution in [0.1, 0.15) is 82.1 Å². The number of rotatable bonds is 6. The number of piperazine rings is 1. The van der Waals surface area contributed by atoms with E-state index in [1.165, 1.54) is 0 Å². The fraction of sp³-hybridized carbons (Fsp3) is 0.917. The van der Waals surface area contributed by atoms with E-state index in [2.05, 4.69) is 17.1 Å². The van der Waals surface area contributed by atoms with Crippen LogP contribution in [0.4, 0.5) is 0 Å². The summed E-state index contributed by atoms with van der Waals surface area (Å²) in [6, 6.07) is -0.398. The fourth-order valence-electron chi connectivity index (χ4n) is 7.49. The second-order valence-electron chi connectivity index (χ2n) is 16.7. The number of aliphatic hydroxyl groups is 1. The number of likely N-dealkylation sites (N-methyl/N-ethyl adjacent to an activating group) is 1. The van der Waals surface area contributed by atoms with E-state index in [0.29, 0.717) is 39.0 Å². The maximum absolute atomic E-state index is 14.3. The van der Waals surface area contributed by atoms with Crippen molar-refractivity contribution < 1.29 is 38.4 Å². The Kier molecular flexibility index (Phi) is 13.7. The zero-order valence-electron chi connectivity index (χ0n) is 32.0. The van der Waals surface area contributed by atoms with E-state index >= 15 is 0 Å². The van der Waals surface area contributed by atoms with Crippen LogP contribution in [-0.4, -0.2) is 146 Å². The summed E-state index contributed by atoms with van der Waals surface area (Å²) in [5, 5.41) is 15.0. The third-order valence-electron chi connectivity index (χ3n) is 10.7. The largest absolute Gasteiger partial charge is 0.460 e. The van der Waals surface area contributed by atoms with Gasteiger partial charge >= 0.3 is 5.97 Å². The normalized spacial score (nSPS) is 38.1. The van der Waals surface area contributed by atoms with E-state index in [9.17, 15) is 19.5 Å². The van der Waals surface area contributed by atoms with Gasteiger partial charge in [-0.05, 0) is 74.0 Å². The maximum atomic E-state index is 14.3. The van der Waals surface area contributed by atoms with Gasteiger partial charge < -0.3 is 39.2 Å². The summed E-state index contributed by atoms with van der Waals surface area (Å²) in [6.45, 7) is 22.7. The van der Waals surface area contributed by atoms with Crippen molar-refractivity contribution in [2.24, 2.45) is 22.7 Å². The SMILES string of the molecule is CO[C@]1(C)C[C@@H](C)CN[C@@H](CN2CCN(C(=O)C(C)(C)C)CC2)[C@H](C)OC(=O)C(C)(C)C(=O)[C@H](C)[C@H]1O[C@@H]1O[C@H](C)C[C@H](N(C)C)[C@H]1O. The number of ketones is 1. The zero-order valence-corrected chi connectivity index (χ0v) is 32.0. The van der Waals surface area contributed by atoms with Crippen LogP contribution in [0.2, 0.25) is 0 Å². The fourth-order valence-corrected chi connectivity index (χ4v) is 7.49. The molecule has 0 radical (unpaired) electrons. The van der Waals surface area contributed by atoms with Crippen LogP contribution in [0.15, 0.2) is 0 Å². The Hall–Kier alpha value is -1.67. The summed E-state index contributed by atoms with van der Waals surface area (Å²) in [5.74, 6) is -1.48. The molecule has 2 N–H and O–H groups in total. The summed E-state index contributed by atoms with van der Waals surface area (Å²) in [6.07, 6.45) is -2.28. The smallest absolute Gasteiger partial charge is 0.319 e. The minimum atomic E-state index is -1.47. The number of cyclic esters (lactones) is 1. The molecule has 0 aromatic heterocycles. The van der Waals surface area contributed by atoms with E-state index in [4.69, 9.17) is 18.9 Å². The predicted molar refractivity (Wildman–Crippen MR) is 184 cm³/mol. The van der Waals surface area contributed by atoms with E-state index in [1.54, 1.807) is 27.9 Å². The van der Waals surface area contributed by atoms with Crippen LogP contribution in [0, 0.1) is 22.7 Å². The average Bonchev–Trinajstić information content (AvgIpc) is 3.01. The zero-order chi connectivity index (χ0) is 36.4. The van der Waals surface area contributed by atoms with Gasteiger partial charge in [-0.1, -0.05) is 34.6 Å². The van der Waals surface area contributed by atoms with Gasteiger partial charge in [-0.3, -0.25) is 19.3 Å². The van der Waals surface area contributed by atoms with E-state index < -0.39 is 52.9 Å². The second-order valence-corrected chi connectivity index (χ2v) is 16.7. The van der Waals surface area contributed by atoms with Crippen molar-refractivity contribution in [3.8, 4) is 0 Å². The van der Waals surface area contributed by atoms with Gasteiger partial charge in [0.1, 0.15) is 17.6 Å². The summed E-state index contributed by atoms with van der Waals surface area (Å²) in [4.78, 5) is 47.1. The highest BCUT2D eigenvalue weighted by molar-refractivity contribution is 6.04. The standard InChI is InChI=1S/C36H66N4O8/c1-22-19-36(10,45-13)30(48-31-28(41)27(38(11)12)18-23(2)46-31)24(3)29(42)35(8,9)33(44)47-25(4)26(37-20-22)21-39-14-16-40(17-15-39)32(43)34(5,6)7/h22-28,30-31,37,41H,14-21H2,1-13H3/t22-,23-,24+,25+,26+,27+,28-,30-,31+,36-/m1/s1. The Labute approximate surface area is 289 Å². The monoisotopic (exact) mass is 682 g/mol. The van der Waals surface area contributed by atoms with Gasteiger partial charge in [0.15, 0.2) is 12.1 Å². The van der Waals surface area contributed by atoms with Crippen molar-refractivity contribution in [3.63, 3.8) is 0 Å². The first kappa shape index (κ1) is 40.8. The molecule has 3 saturated heterocycles. The van der Waals surface area contributed by atoms with Gasteiger partial charge in [-0.25, -0.2) is 0 Å². The quantitative estimate of drug-likeness (QED) is 0.317. The van der Waals surface area contributed by atoms with Gasteiger partial charge in [-0.15, -0.1) is 0 Å². The molecule has 0 bridgehead atoms. The van der Waals surface area contributed by atoms with Crippen molar-refractivity contribution in [2.75, 3.05) is 60.5 Å². The number of hydrogen-bond donors (Lipinski definition) is 2. The first-order chi connectivity index (χ1) is 22.1. The van der Waals surface area contributed by atoms with Crippen LogP contribution < -0.4 is 5.32 Å². The molecule has 12 nitrogen and oxygen atoms in total. The number of Topliss-reactive ketones (excluding diaryl/α,β-unsaturated/α-hetero) is 1. The van der Waals surface area contributed by atoms with Crippen LogP contribution >= 0.6 is 0 Å². The number of carbonyl (C=O) groups excluding carboxylic acids is 3. The number of ether oxygens (including phenoxy) is 4. The van der Waals surface area contributed by atoms with Crippen molar-refractivity contribution in [3.05, 3.63) is 0 Å². The molecule has 0 unspecified atom stereocenters. The number of nitrogens with zero attached hydrogens (tertiary/aromatic N) is 3. The lowest BCUT2D eigenvalue weighted by atomic mass is 9.74. The number of methoxy groups -OCH3 is 1. The summed E-state index contributed by atoms with van der Waals surface area (Å²) < 4.78 is 25.0. The molecule has 0 aliphatic carbocycles. The molecule has 0 aromatic rings. The Bertz CT molecular complexity index is 1100. The second kappa shape index (κ2) is 16.1. The third-order valence-corrected chi connectivity index (χ3v) is 10.7. The molecule has 12 heteroatoms. The molecule has 3 aliphatic rings. The van der Waals surface area contributed by atoms with E-state index in [-0.39, 0.29) is 35.8 Å². The van der Waals surface area contributed by atoms with Gasteiger partial charge in [0.25, 0.3) is 0 Å². The number of amides is 1. The predicted octanol–water partition coefficient (Wildman–Crippen LogP) is 2.55. The minimum Gasteiger partial charge on any atom is -0.460 e. The molecule has 48 heavy (non-hydrogen) atoms. The van der Waals surface area contributed by atoms with Crippen molar-refractivity contribution in [2.45, 2.75) is 130 Å². The molecule has 10 atom stereocenters. The molecule has 3 rings (SSSR count). The van der Waals surface area contributed by atoms with Gasteiger partial charge in [0.2, 0.25) is 5.91 Å². The molecule has 0 aromatic carbocycles. The van der Waals surface area contributed by atoms with Crippen LogP contribution in [0.3, 0.4) is 0 Å². The molecular formula is C36H66N4O8. The van der Waals surface area contributed by atoms with Crippen LogP contribution in [0.5, 0.6) is 0 Å². The Morgan fingerprint density at radius 2 is 1.67 bits per heavy atom. The highest BCUT2D eigenvalue weighted by Gasteiger charge is 2.51. The number of nitrogens with one attached hydrogen (secondary N) is 1. The summed E-state index contributed by atoms with van der Waals surface area (Å²) >= 11 is 0. The van der Waals surface area contributed by atoms with Crippen molar-refractivity contribution in [1.82, 2.24) is 20.0 Å². The minimum absolute atomic E-state index is 0.0782. The first-order valence-corrected chi connectivity index (χ1v) is 17.8. The van der Waals surface area contributed by atoms with Gasteiger partial charge in [0, 0.05) is 57.2 Å². The molecule has 1 amide bonds. The van der Waals surface area contributed by atoms with Crippen molar-refractivity contribution in [1.29, 1.82) is 0 Å². The summed E-state index contributed by atoms with van der Waals surface area (Å²) in [5.41, 5.74) is -2.86. The molecule has 0 saturated carbocycles. The number of carbonyl (C=O) groups is 3. The maximum Gasteiger partial charge on any atom is 0.319 e. The topological polar surface area (TPSA) is 130 Å². The van der Waals surface area contributed by atoms with Crippen molar-refractivity contribution >= 4 is 17.7 Å². The highest BCUT2D eigenvalue weighted by Crippen LogP contribution is 2.38. The molecule has 3 heterocycles. The molecule has 3 aliphatic heterocycles. The summed E-state index contributed by atoms with van der Waals surface area (Å²) in [7, 11) is 5.44. The van der Waals surface area contributed by atoms with E-state index in [1.807, 2.05) is 65.4 Å². The lowest BCUT2D eigenvalue weighted by Crippen LogP contribution is -2.59. The molecular weight excluding hydrogens is 616 g/mol.